The van der Waals surface area contributed by atoms with Crippen LogP contribution in [0.1, 0.15) is 48.9 Å². The highest BCUT2D eigenvalue weighted by atomic mass is 16.5. The normalized spacial score (nSPS) is 18.8. The first-order valence-corrected chi connectivity index (χ1v) is 9.16. The van der Waals surface area contributed by atoms with Gasteiger partial charge in [-0.25, -0.2) is 4.79 Å². The third kappa shape index (κ3) is 4.65. The Morgan fingerprint density at radius 2 is 1.68 bits per heavy atom. The number of urea groups is 1. The fourth-order valence-corrected chi connectivity index (χ4v) is 3.65. The molecule has 0 unspecified atom stereocenters. The maximum absolute atomic E-state index is 12.6. The van der Waals surface area contributed by atoms with Gasteiger partial charge in [0.15, 0.2) is 0 Å². The molecular weight excluding hydrogens is 318 g/mol. The third-order valence-electron chi connectivity index (χ3n) is 5.12. The Kier molecular flexibility index (Phi) is 5.79. The molecule has 1 aromatic carbocycles. The van der Waals surface area contributed by atoms with Crippen molar-refractivity contribution in [2.24, 2.45) is 0 Å². The minimum atomic E-state index is -0.0653. The zero-order valence-electron chi connectivity index (χ0n) is 14.8. The molecule has 1 saturated heterocycles. The molecule has 0 aromatic heterocycles. The number of nitrogens with zero attached hydrogens (tertiary/aromatic N) is 1. The lowest BCUT2D eigenvalue weighted by Crippen LogP contribution is -2.50. The van der Waals surface area contributed by atoms with Gasteiger partial charge in [-0.2, -0.15) is 0 Å². The highest BCUT2D eigenvalue weighted by molar-refractivity contribution is 5.94. The molecule has 1 aliphatic heterocycles. The van der Waals surface area contributed by atoms with Crippen LogP contribution in [0.25, 0.3) is 0 Å². The van der Waals surface area contributed by atoms with Crippen molar-refractivity contribution in [2.45, 2.75) is 50.6 Å². The van der Waals surface area contributed by atoms with Gasteiger partial charge < -0.3 is 20.3 Å². The molecule has 1 saturated carbocycles. The van der Waals surface area contributed by atoms with E-state index in [0.717, 1.165) is 25.7 Å². The summed E-state index contributed by atoms with van der Waals surface area (Å²) in [5.41, 5.74) is 0.643. The second-order valence-electron chi connectivity index (χ2n) is 6.90. The summed E-state index contributed by atoms with van der Waals surface area (Å²) in [6.45, 7) is 1.31. The van der Waals surface area contributed by atoms with Crippen LogP contribution in [0.2, 0.25) is 0 Å². The van der Waals surface area contributed by atoms with E-state index in [0.29, 0.717) is 30.4 Å². The summed E-state index contributed by atoms with van der Waals surface area (Å²) in [5.74, 6) is 0.707. The fourth-order valence-electron chi connectivity index (χ4n) is 3.65. The van der Waals surface area contributed by atoms with Gasteiger partial charge in [0, 0.05) is 30.7 Å². The molecule has 0 bridgehead atoms. The van der Waals surface area contributed by atoms with Crippen LogP contribution in [0, 0.1) is 0 Å². The summed E-state index contributed by atoms with van der Waals surface area (Å²) in [5, 5.41) is 6.11. The number of piperidine rings is 1. The minimum Gasteiger partial charge on any atom is -0.497 e. The molecule has 6 nitrogen and oxygen atoms in total. The molecule has 2 N–H and O–H groups in total. The zero-order chi connectivity index (χ0) is 17.6. The van der Waals surface area contributed by atoms with Gasteiger partial charge in [-0.15, -0.1) is 0 Å². The second kappa shape index (κ2) is 8.23. The van der Waals surface area contributed by atoms with E-state index in [1.807, 2.05) is 23.1 Å². The first-order chi connectivity index (χ1) is 12.2. The Bertz CT molecular complexity index is 606. The van der Waals surface area contributed by atoms with Gasteiger partial charge in [0.25, 0.3) is 5.91 Å². The Labute approximate surface area is 148 Å². The number of hydrogen-bond donors (Lipinski definition) is 2. The van der Waals surface area contributed by atoms with Crippen molar-refractivity contribution >= 4 is 11.9 Å². The van der Waals surface area contributed by atoms with Gasteiger partial charge in [-0.1, -0.05) is 18.9 Å². The smallest absolute Gasteiger partial charge is 0.315 e. The van der Waals surface area contributed by atoms with E-state index in [2.05, 4.69) is 10.6 Å². The van der Waals surface area contributed by atoms with Crippen LogP contribution in [0.15, 0.2) is 24.3 Å². The number of benzene rings is 1. The van der Waals surface area contributed by atoms with Crippen molar-refractivity contribution in [3.8, 4) is 5.75 Å². The molecule has 2 aliphatic rings. The molecule has 6 heteroatoms. The zero-order valence-corrected chi connectivity index (χ0v) is 14.8. The Balaban J connectivity index is 1.46. The van der Waals surface area contributed by atoms with Crippen LogP contribution in [0.4, 0.5) is 4.79 Å². The average molecular weight is 345 g/mol. The van der Waals surface area contributed by atoms with E-state index in [4.69, 9.17) is 4.74 Å². The van der Waals surface area contributed by atoms with Crippen molar-refractivity contribution in [2.75, 3.05) is 20.2 Å². The quantitative estimate of drug-likeness (QED) is 0.881. The number of likely N-dealkylation sites (tertiary alicyclic amines) is 1. The van der Waals surface area contributed by atoms with E-state index < -0.39 is 0 Å². The molecule has 0 spiro atoms. The van der Waals surface area contributed by atoms with Crippen LogP contribution >= 0.6 is 0 Å². The summed E-state index contributed by atoms with van der Waals surface area (Å²) < 4.78 is 5.18. The number of carbonyl (C=O) groups excluding carboxylic acids is 2. The largest absolute Gasteiger partial charge is 0.497 e. The van der Waals surface area contributed by atoms with Gasteiger partial charge in [-0.3, -0.25) is 4.79 Å². The third-order valence-corrected chi connectivity index (χ3v) is 5.12. The van der Waals surface area contributed by atoms with Crippen LogP contribution in [-0.2, 0) is 0 Å². The van der Waals surface area contributed by atoms with Gasteiger partial charge in [0.05, 0.1) is 7.11 Å². The monoisotopic (exact) mass is 345 g/mol. The highest BCUT2D eigenvalue weighted by Gasteiger charge is 2.25. The second-order valence-corrected chi connectivity index (χ2v) is 6.90. The minimum absolute atomic E-state index is 0.0211. The van der Waals surface area contributed by atoms with Gasteiger partial charge in [0.1, 0.15) is 5.75 Å². The van der Waals surface area contributed by atoms with E-state index in [1.54, 1.807) is 13.2 Å². The van der Waals surface area contributed by atoms with Crippen molar-refractivity contribution in [1.82, 2.24) is 15.5 Å². The number of nitrogens with one attached hydrogen (secondary N) is 2. The molecule has 2 fully saturated rings. The summed E-state index contributed by atoms with van der Waals surface area (Å²) in [4.78, 5) is 26.5. The maximum Gasteiger partial charge on any atom is 0.315 e. The van der Waals surface area contributed by atoms with E-state index >= 15 is 0 Å². The van der Waals surface area contributed by atoms with Crippen LogP contribution in [0.5, 0.6) is 5.75 Å². The molecule has 136 valence electrons. The number of methoxy groups -OCH3 is 1. The number of hydrogen-bond acceptors (Lipinski definition) is 3. The standard InChI is InChI=1S/C19H27N3O3/c1-25-17-8-4-5-14(13-17)18(23)22-11-9-16(10-12-22)21-19(24)20-15-6-2-3-7-15/h4-5,8,13,15-16H,2-3,6-7,9-12H2,1H3,(H2,20,21,24). The molecule has 0 atom stereocenters. The van der Waals surface area contributed by atoms with E-state index in [1.165, 1.54) is 12.8 Å². The molecule has 1 heterocycles. The number of rotatable bonds is 4. The summed E-state index contributed by atoms with van der Waals surface area (Å²) in [6, 6.07) is 7.63. The summed E-state index contributed by atoms with van der Waals surface area (Å²) in [7, 11) is 1.59. The fraction of sp³-hybridized carbons (Fsp3) is 0.579. The maximum atomic E-state index is 12.6. The first-order valence-electron chi connectivity index (χ1n) is 9.16. The Morgan fingerprint density at radius 1 is 1.04 bits per heavy atom. The molecule has 3 rings (SSSR count). The van der Waals surface area contributed by atoms with E-state index in [-0.39, 0.29) is 18.0 Å². The van der Waals surface area contributed by atoms with Crippen LogP contribution in [0.3, 0.4) is 0 Å². The van der Waals surface area contributed by atoms with E-state index in [9.17, 15) is 9.59 Å². The lowest BCUT2D eigenvalue weighted by molar-refractivity contribution is 0.0708. The molecule has 1 aromatic rings. The van der Waals surface area contributed by atoms with Crippen LogP contribution in [-0.4, -0.2) is 49.1 Å². The van der Waals surface area contributed by atoms with Gasteiger partial charge in [-0.05, 0) is 43.9 Å². The van der Waals surface area contributed by atoms with Crippen molar-refractivity contribution in [3.05, 3.63) is 29.8 Å². The number of ether oxygens (including phenoxy) is 1. The molecule has 0 radical (unpaired) electrons. The number of carbonyl (C=O) groups is 2. The SMILES string of the molecule is COc1cccc(C(=O)N2CCC(NC(=O)NC3CCCC3)CC2)c1. The van der Waals surface area contributed by atoms with Crippen molar-refractivity contribution in [1.29, 1.82) is 0 Å². The van der Waals surface area contributed by atoms with Crippen LogP contribution < -0.4 is 15.4 Å². The highest BCUT2D eigenvalue weighted by Crippen LogP contribution is 2.19. The van der Waals surface area contributed by atoms with Crippen molar-refractivity contribution in [3.63, 3.8) is 0 Å². The summed E-state index contributed by atoms with van der Waals surface area (Å²) in [6.07, 6.45) is 6.15. The molecule has 3 amide bonds. The predicted octanol–water partition coefficient (Wildman–Crippen LogP) is 2.54. The number of amides is 3. The predicted molar refractivity (Wildman–Crippen MR) is 95.8 cm³/mol. The lowest BCUT2D eigenvalue weighted by Gasteiger charge is -2.32. The summed E-state index contributed by atoms with van der Waals surface area (Å²) >= 11 is 0. The topological polar surface area (TPSA) is 70.7 Å². The Morgan fingerprint density at radius 3 is 2.32 bits per heavy atom. The first kappa shape index (κ1) is 17.6. The lowest BCUT2D eigenvalue weighted by atomic mass is 10.0. The average Bonchev–Trinajstić information content (AvgIpc) is 3.14. The van der Waals surface area contributed by atoms with Gasteiger partial charge in [0.2, 0.25) is 0 Å². The van der Waals surface area contributed by atoms with Crippen molar-refractivity contribution < 1.29 is 14.3 Å². The molecule has 1 aliphatic carbocycles. The Hall–Kier alpha value is -2.24. The molecule has 25 heavy (non-hydrogen) atoms. The van der Waals surface area contributed by atoms with Gasteiger partial charge >= 0.3 is 6.03 Å². The molecular formula is C19H27N3O3.